The van der Waals surface area contributed by atoms with E-state index in [1.807, 2.05) is 24.3 Å². The van der Waals surface area contributed by atoms with E-state index in [2.05, 4.69) is 33.1 Å². The fourth-order valence-electron chi connectivity index (χ4n) is 2.77. The number of likely N-dealkylation sites (tertiary alicyclic amines) is 1. The number of rotatable bonds is 3. The Morgan fingerprint density at radius 3 is 2.35 bits per heavy atom. The van der Waals surface area contributed by atoms with Crippen LogP contribution in [0, 0.1) is 5.92 Å². The molecule has 0 atom stereocenters. The molecule has 1 aliphatic heterocycles. The van der Waals surface area contributed by atoms with Gasteiger partial charge in [0.25, 0.3) is 11.1 Å². The van der Waals surface area contributed by atoms with Crippen LogP contribution >= 0.6 is 28.1 Å². The number of piperidine rings is 1. The van der Waals surface area contributed by atoms with E-state index in [1.54, 1.807) is 24.3 Å². The first-order chi connectivity index (χ1) is 12.5. The lowest BCUT2D eigenvalue weighted by molar-refractivity contribution is 0.102. The highest BCUT2D eigenvalue weighted by Gasteiger charge is 2.19. The molecule has 1 amide bonds. The van der Waals surface area contributed by atoms with Gasteiger partial charge < -0.3 is 15.0 Å². The van der Waals surface area contributed by atoms with Crippen LogP contribution in [0.15, 0.2) is 53.0 Å². The molecule has 1 aliphatic rings. The number of carbonyl (C=O) groups excluding carboxylic acids is 1. The molecule has 4 nitrogen and oxygen atoms in total. The van der Waals surface area contributed by atoms with Crippen molar-refractivity contribution in [3.63, 3.8) is 0 Å². The highest BCUT2D eigenvalue weighted by molar-refractivity contribution is 9.10. The molecule has 6 heteroatoms. The van der Waals surface area contributed by atoms with E-state index in [0.717, 1.165) is 42.0 Å². The molecular weight excluding hydrogens is 412 g/mol. The van der Waals surface area contributed by atoms with E-state index in [0.29, 0.717) is 16.5 Å². The molecule has 2 aromatic rings. The van der Waals surface area contributed by atoms with Crippen LogP contribution in [0.5, 0.6) is 5.75 Å². The van der Waals surface area contributed by atoms with E-state index in [4.69, 9.17) is 17.0 Å². The van der Waals surface area contributed by atoms with Crippen LogP contribution in [0.4, 0.5) is 5.69 Å². The number of amides is 1. The Bertz CT molecular complexity index is 769. The minimum Gasteiger partial charge on any atom is -0.432 e. The van der Waals surface area contributed by atoms with Crippen molar-refractivity contribution in [1.29, 1.82) is 0 Å². The molecule has 0 bridgehead atoms. The maximum absolute atomic E-state index is 12.3. The summed E-state index contributed by atoms with van der Waals surface area (Å²) in [6.07, 6.45) is 2.28. The van der Waals surface area contributed by atoms with Gasteiger partial charge in [0.05, 0.1) is 0 Å². The second-order valence-electron chi connectivity index (χ2n) is 6.52. The SMILES string of the molecule is CC1CCN(C(=S)Oc2ccc(C(=O)Nc3ccc(Br)cc3)cc2)CC1. The van der Waals surface area contributed by atoms with Crippen LogP contribution in [0.2, 0.25) is 0 Å². The summed E-state index contributed by atoms with van der Waals surface area (Å²) in [7, 11) is 0. The van der Waals surface area contributed by atoms with Gasteiger partial charge in [-0.1, -0.05) is 22.9 Å². The van der Waals surface area contributed by atoms with Gasteiger partial charge in [-0.15, -0.1) is 0 Å². The van der Waals surface area contributed by atoms with Crippen LogP contribution in [0.25, 0.3) is 0 Å². The van der Waals surface area contributed by atoms with Crippen molar-refractivity contribution < 1.29 is 9.53 Å². The lowest BCUT2D eigenvalue weighted by Crippen LogP contribution is -2.39. The van der Waals surface area contributed by atoms with Crippen molar-refractivity contribution in [3.8, 4) is 5.75 Å². The Labute approximate surface area is 167 Å². The summed E-state index contributed by atoms with van der Waals surface area (Å²) in [5.74, 6) is 1.23. The second kappa shape index (κ2) is 8.64. The minimum atomic E-state index is -0.161. The third kappa shape index (κ3) is 5.05. The fraction of sp³-hybridized carbons (Fsp3) is 0.300. The van der Waals surface area contributed by atoms with E-state index >= 15 is 0 Å². The van der Waals surface area contributed by atoms with Gasteiger partial charge in [-0.05, 0) is 79.5 Å². The molecule has 2 aromatic carbocycles. The van der Waals surface area contributed by atoms with E-state index in [-0.39, 0.29) is 5.91 Å². The van der Waals surface area contributed by atoms with Gasteiger partial charge in [-0.3, -0.25) is 4.79 Å². The number of nitrogens with zero attached hydrogens (tertiary/aromatic N) is 1. The van der Waals surface area contributed by atoms with Gasteiger partial charge in [0, 0.05) is 28.8 Å². The average molecular weight is 433 g/mol. The van der Waals surface area contributed by atoms with Crippen molar-refractivity contribution in [1.82, 2.24) is 4.90 Å². The Morgan fingerprint density at radius 1 is 1.12 bits per heavy atom. The molecule has 1 saturated heterocycles. The maximum Gasteiger partial charge on any atom is 0.264 e. The number of thiocarbonyl (C=S) groups is 1. The fourth-order valence-corrected chi connectivity index (χ4v) is 3.31. The molecule has 0 aliphatic carbocycles. The van der Waals surface area contributed by atoms with Crippen molar-refractivity contribution >= 4 is 44.9 Å². The van der Waals surface area contributed by atoms with Gasteiger partial charge in [-0.2, -0.15) is 0 Å². The highest BCUT2D eigenvalue weighted by Crippen LogP contribution is 2.20. The molecule has 3 rings (SSSR count). The average Bonchev–Trinajstić information content (AvgIpc) is 2.64. The smallest absolute Gasteiger partial charge is 0.264 e. The first kappa shape index (κ1) is 18.9. The van der Waals surface area contributed by atoms with Crippen molar-refractivity contribution in [2.45, 2.75) is 19.8 Å². The number of ether oxygens (including phenoxy) is 1. The standard InChI is InChI=1S/C20H21BrN2O2S/c1-14-10-12-23(13-11-14)20(26)25-18-8-2-15(3-9-18)19(24)22-17-6-4-16(21)5-7-17/h2-9,14H,10-13H2,1H3,(H,22,24). The summed E-state index contributed by atoms with van der Waals surface area (Å²) in [4.78, 5) is 14.4. The first-order valence-corrected chi connectivity index (χ1v) is 9.85. The van der Waals surface area contributed by atoms with Gasteiger partial charge in [-0.25, -0.2) is 0 Å². The normalized spacial score (nSPS) is 14.8. The molecule has 0 radical (unpaired) electrons. The Hall–Kier alpha value is -1.92. The van der Waals surface area contributed by atoms with E-state index < -0.39 is 0 Å². The monoisotopic (exact) mass is 432 g/mol. The number of hydrogen-bond acceptors (Lipinski definition) is 3. The van der Waals surface area contributed by atoms with E-state index in [1.165, 1.54) is 0 Å². The Kier molecular flexibility index (Phi) is 6.27. The van der Waals surface area contributed by atoms with Crippen LogP contribution in [0.1, 0.15) is 30.1 Å². The zero-order valence-electron chi connectivity index (χ0n) is 14.6. The zero-order valence-corrected chi connectivity index (χ0v) is 17.0. The van der Waals surface area contributed by atoms with Crippen molar-refractivity contribution in [2.75, 3.05) is 18.4 Å². The molecule has 0 saturated carbocycles. The molecule has 26 heavy (non-hydrogen) atoms. The third-order valence-corrected chi connectivity index (χ3v) is 5.34. The number of anilines is 1. The molecule has 1 fully saturated rings. The van der Waals surface area contributed by atoms with Crippen LogP contribution in [-0.2, 0) is 0 Å². The summed E-state index contributed by atoms with van der Waals surface area (Å²) in [6.45, 7) is 4.14. The predicted octanol–water partition coefficient (Wildman–Crippen LogP) is 5.10. The molecule has 136 valence electrons. The van der Waals surface area contributed by atoms with Crippen molar-refractivity contribution in [2.24, 2.45) is 5.92 Å². The topological polar surface area (TPSA) is 41.6 Å². The molecule has 0 unspecified atom stereocenters. The molecule has 0 aromatic heterocycles. The number of benzene rings is 2. The van der Waals surface area contributed by atoms with Gasteiger partial charge in [0.1, 0.15) is 5.75 Å². The maximum atomic E-state index is 12.3. The molecule has 1 N–H and O–H groups in total. The van der Waals surface area contributed by atoms with Gasteiger partial charge in [0.15, 0.2) is 0 Å². The molecule has 1 heterocycles. The number of carbonyl (C=O) groups is 1. The zero-order chi connectivity index (χ0) is 18.5. The predicted molar refractivity (Wildman–Crippen MR) is 112 cm³/mol. The number of halogens is 1. The highest BCUT2D eigenvalue weighted by atomic mass is 79.9. The van der Waals surface area contributed by atoms with Crippen molar-refractivity contribution in [3.05, 3.63) is 58.6 Å². The molecular formula is C20H21BrN2O2S. The Morgan fingerprint density at radius 2 is 1.73 bits per heavy atom. The number of hydrogen-bond donors (Lipinski definition) is 1. The minimum absolute atomic E-state index is 0.161. The number of nitrogens with one attached hydrogen (secondary N) is 1. The van der Waals surface area contributed by atoms with Crippen LogP contribution in [-0.4, -0.2) is 29.1 Å². The largest absolute Gasteiger partial charge is 0.432 e. The summed E-state index contributed by atoms with van der Waals surface area (Å²) in [6, 6.07) is 14.5. The van der Waals surface area contributed by atoms with Gasteiger partial charge >= 0.3 is 0 Å². The second-order valence-corrected chi connectivity index (χ2v) is 7.79. The van der Waals surface area contributed by atoms with Crippen LogP contribution < -0.4 is 10.1 Å². The quantitative estimate of drug-likeness (QED) is 0.685. The lowest BCUT2D eigenvalue weighted by Gasteiger charge is -2.31. The summed E-state index contributed by atoms with van der Waals surface area (Å²) in [5.41, 5.74) is 1.32. The van der Waals surface area contributed by atoms with E-state index in [9.17, 15) is 4.79 Å². The molecule has 0 spiro atoms. The summed E-state index contributed by atoms with van der Waals surface area (Å²) in [5, 5.41) is 3.37. The van der Waals surface area contributed by atoms with Crippen LogP contribution in [0.3, 0.4) is 0 Å². The lowest BCUT2D eigenvalue weighted by atomic mass is 10.00. The first-order valence-electron chi connectivity index (χ1n) is 8.65. The summed E-state index contributed by atoms with van der Waals surface area (Å²) < 4.78 is 6.74. The third-order valence-electron chi connectivity index (χ3n) is 4.47. The summed E-state index contributed by atoms with van der Waals surface area (Å²) >= 11 is 8.77. The van der Waals surface area contributed by atoms with Gasteiger partial charge in [0.2, 0.25) is 0 Å². The Balaban J connectivity index is 1.56.